The molecular weight excluding hydrogens is 392 g/mol. The molecule has 118 valence electrons. The lowest BCUT2D eigenvalue weighted by Crippen LogP contribution is -2.16. The zero-order valence-electron chi connectivity index (χ0n) is 12.7. The van der Waals surface area contributed by atoms with Gasteiger partial charge in [0.25, 0.3) is 5.91 Å². The van der Waals surface area contributed by atoms with Crippen LogP contribution in [0.1, 0.15) is 17.3 Å². The zero-order chi connectivity index (χ0) is 16.4. The number of aryl methyl sites for hydroxylation is 1. The molecule has 0 saturated carbocycles. The van der Waals surface area contributed by atoms with Crippen molar-refractivity contribution in [3.63, 3.8) is 0 Å². The summed E-state index contributed by atoms with van der Waals surface area (Å²) in [6.07, 6.45) is 2.01. The predicted octanol–water partition coefficient (Wildman–Crippen LogP) is 4.95. The second-order valence-electron chi connectivity index (χ2n) is 4.86. The summed E-state index contributed by atoms with van der Waals surface area (Å²) in [6, 6.07) is 13.6. The Morgan fingerprint density at radius 2 is 2.00 bits per heavy atom. The van der Waals surface area contributed by atoms with Gasteiger partial charge in [0.05, 0.1) is 10.2 Å². The molecule has 0 aliphatic rings. The van der Waals surface area contributed by atoms with Gasteiger partial charge < -0.3 is 4.57 Å². The van der Waals surface area contributed by atoms with Crippen molar-refractivity contribution in [1.82, 2.24) is 4.57 Å². The molecule has 0 N–H and O–H groups in total. The van der Waals surface area contributed by atoms with Gasteiger partial charge in [0.1, 0.15) is 0 Å². The van der Waals surface area contributed by atoms with Gasteiger partial charge in [-0.15, -0.1) is 11.8 Å². The van der Waals surface area contributed by atoms with Gasteiger partial charge >= 0.3 is 0 Å². The molecule has 0 aliphatic carbocycles. The Kier molecular flexibility index (Phi) is 5.04. The second kappa shape index (κ2) is 7.03. The lowest BCUT2D eigenvalue weighted by atomic mass is 10.2. The van der Waals surface area contributed by atoms with E-state index in [0.717, 1.165) is 30.9 Å². The molecule has 1 aromatic heterocycles. The lowest BCUT2D eigenvalue weighted by Gasteiger charge is -2.02. The van der Waals surface area contributed by atoms with Crippen molar-refractivity contribution >= 4 is 55.2 Å². The van der Waals surface area contributed by atoms with Crippen LogP contribution >= 0.6 is 39.0 Å². The van der Waals surface area contributed by atoms with E-state index in [1.165, 1.54) is 11.3 Å². The topological polar surface area (TPSA) is 34.4 Å². The standard InChI is InChI=1S/C17H15BrN2OS2/c1-3-20-15-13(18)5-4-6-14(15)23-17(20)19-16(21)11-7-9-12(22-2)10-8-11/h4-10H,3H2,1-2H3. The summed E-state index contributed by atoms with van der Waals surface area (Å²) in [5, 5.41) is 0. The number of benzene rings is 2. The minimum Gasteiger partial charge on any atom is -0.316 e. The van der Waals surface area contributed by atoms with Gasteiger partial charge in [-0.25, -0.2) is 0 Å². The van der Waals surface area contributed by atoms with E-state index in [1.54, 1.807) is 11.8 Å². The largest absolute Gasteiger partial charge is 0.316 e. The van der Waals surface area contributed by atoms with Gasteiger partial charge in [0.2, 0.25) is 0 Å². The van der Waals surface area contributed by atoms with E-state index in [4.69, 9.17) is 0 Å². The van der Waals surface area contributed by atoms with E-state index < -0.39 is 0 Å². The fourth-order valence-corrected chi connectivity index (χ4v) is 4.59. The number of halogens is 1. The van der Waals surface area contributed by atoms with Crippen molar-refractivity contribution in [2.24, 2.45) is 4.99 Å². The molecule has 23 heavy (non-hydrogen) atoms. The number of fused-ring (bicyclic) bond motifs is 1. The first-order valence-corrected chi connectivity index (χ1v) is 9.98. The van der Waals surface area contributed by atoms with E-state index in [1.807, 2.05) is 48.7 Å². The van der Waals surface area contributed by atoms with Crippen molar-refractivity contribution < 1.29 is 4.79 Å². The monoisotopic (exact) mass is 406 g/mol. The molecule has 0 fully saturated rings. The fraction of sp³-hybridized carbons (Fsp3) is 0.176. The maximum atomic E-state index is 12.5. The van der Waals surface area contributed by atoms with E-state index >= 15 is 0 Å². The highest BCUT2D eigenvalue weighted by molar-refractivity contribution is 9.10. The molecule has 1 heterocycles. The van der Waals surface area contributed by atoms with E-state index in [-0.39, 0.29) is 5.91 Å². The number of rotatable bonds is 3. The number of nitrogens with zero attached hydrogens (tertiary/aromatic N) is 2. The Morgan fingerprint density at radius 3 is 2.65 bits per heavy atom. The predicted molar refractivity (Wildman–Crippen MR) is 101 cm³/mol. The van der Waals surface area contributed by atoms with Gasteiger partial charge in [0, 0.05) is 21.5 Å². The Labute approximate surface area is 151 Å². The van der Waals surface area contributed by atoms with Gasteiger partial charge in [0.15, 0.2) is 4.80 Å². The number of hydrogen-bond donors (Lipinski definition) is 0. The van der Waals surface area contributed by atoms with Crippen LogP contribution in [0.4, 0.5) is 0 Å². The fourth-order valence-electron chi connectivity index (χ4n) is 2.35. The third-order valence-corrected chi connectivity index (χ3v) is 5.93. The quantitative estimate of drug-likeness (QED) is 0.576. The van der Waals surface area contributed by atoms with Crippen molar-refractivity contribution in [3.05, 3.63) is 57.3 Å². The summed E-state index contributed by atoms with van der Waals surface area (Å²) < 4.78 is 4.20. The Bertz CT molecular complexity index is 926. The van der Waals surface area contributed by atoms with Crippen LogP contribution in [0, 0.1) is 0 Å². The molecule has 6 heteroatoms. The second-order valence-corrected chi connectivity index (χ2v) is 7.60. The molecule has 3 nitrogen and oxygen atoms in total. The summed E-state index contributed by atoms with van der Waals surface area (Å²) in [5.74, 6) is -0.206. The van der Waals surface area contributed by atoms with Gasteiger partial charge in [-0.2, -0.15) is 4.99 Å². The smallest absolute Gasteiger partial charge is 0.279 e. The number of carbonyl (C=O) groups is 1. The molecule has 1 amide bonds. The molecule has 0 spiro atoms. The Balaban J connectivity index is 2.09. The maximum absolute atomic E-state index is 12.5. The third-order valence-electron chi connectivity index (χ3n) is 3.50. The Morgan fingerprint density at radius 1 is 1.26 bits per heavy atom. The highest BCUT2D eigenvalue weighted by atomic mass is 79.9. The van der Waals surface area contributed by atoms with Crippen LogP contribution in [0.5, 0.6) is 0 Å². The molecule has 0 bridgehead atoms. The minimum absolute atomic E-state index is 0.206. The minimum atomic E-state index is -0.206. The number of amides is 1. The van der Waals surface area contributed by atoms with Crippen LogP contribution in [-0.4, -0.2) is 16.7 Å². The van der Waals surface area contributed by atoms with Crippen LogP contribution in [-0.2, 0) is 6.54 Å². The number of thioether (sulfide) groups is 1. The summed E-state index contributed by atoms with van der Waals surface area (Å²) in [5.41, 5.74) is 1.70. The summed E-state index contributed by atoms with van der Waals surface area (Å²) in [6.45, 7) is 2.82. The maximum Gasteiger partial charge on any atom is 0.279 e. The average Bonchev–Trinajstić information content (AvgIpc) is 2.93. The third kappa shape index (κ3) is 3.29. The van der Waals surface area contributed by atoms with E-state index in [9.17, 15) is 4.79 Å². The van der Waals surface area contributed by atoms with Crippen molar-refractivity contribution in [2.45, 2.75) is 18.4 Å². The van der Waals surface area contributed by atoms with Crippen LogP contribution in [0.2, 0.25) is 0 Å². The van der Waals surface area contributed by atoms with Crippen LogP contribution in [0.3, 0.4) is 0 Å². The summed E-state index contributed by atoms with van der Waals surface area (Å²) in [7, 11) is 0. The Hall–Kier alpha value is -1.37. The molecule has 0 aliphatic heterocycles. The number of carbonyl (C=O) groups excluding carboxylic acids is 1. The van der Waals surface area contributed by atoms with E-state index in [0.29, 0.717) is 5.56 Å². The van der Waals surface area contributed by atoms with Crippen LogP contribution in [0.15, 0.2) is 56.8 Å². The first kappa shape index (κ1) is 16.5. The number of hydrogen-bond acceptors (Lipinski definition) is 3. The number of para-hydroxylation sites is 1. The molecule has 3 aromatic rings. The van der Waals surface area contributed by atoms with Gasteiger partial charge in [-0.05, 0) is 65.5 Å². The summed E-state index contributed by atoms with van der Waals surface area (Å²) >= 11 is 6.78. The number of thiazole rings is 1. The molecule has 0 atom stereocenters. The molecule has 3 rings (SSSR count). The molecular formula is C17H15BrN2OS2. The normalized spacial score (nSPS) is 12.0. The molecule has 2 aromatic carbocycles. The van der Waals surface area contributed by atoms with Crippen LogP contribution in [0.25, 0.3) is 10.2 Å². The van der Waals surface area contributed by atoms with Crippen molar-refractivity contribution in [2.75, 3.05) is 6.26 Å². The highest BCUT2D eigenvalue weighted by Crippen LogP contribution is 2.25. The van der Waals surface area contributed by atoms with Crippen molar-refractivity contribution in [3.8, 4) is 0 Å². The number of aromatic nitrogens is 1. The highest BCUT2D eigenvalue weighted by Gasteiger charge is 2.10. The van der Waals surface area contributed by atoms with E-state index in [2.05, 4.69) is 32.4 Å². The summed E-state index contributed by atoms with van der Waals surface area (Å²) in [4.78, 5) is 18.7. The molecule has 0 unspecified atom stereocenters. The molecule has 0 radical (unpaired) electrons. The molecule has 0 saturated heterocycles. The average molecular weight is 407 g/mol. The van der Waals surface area contributed by atoms with Crippen molar-refractivity contribution in [1.29, 1.82) is 0 Å². The lowest BCUT2D eigenvalue weighted by molar-refractivity contribution is 0.0998. The van der Waals surface area contributed by atoms with Gasteiger partial charge in [-0.3, -0.25) is 4.79 Å². The SMILES string of the molecule is CCn1c(=NC(=O)c2ccc(SC)cc2)sc2cccc(Br)c21. The van der Waals surface area contributed by atoms with Crippen LogP contribution < -0.4 is 4.80 Å². The first-order chi connectivity index (χ1) is 11.1. The zero-order valence-corrected chi connectivity index (χ0v) is 16.0. The van der Waals surface area contributed by atoms with Gasteiger partial charge in [-0.1, -0.05) is 17.4 Å². The first-order valence-electron chi connectivity index (χ1n) is 7.15.